The molecule has 0 aliphatic carbocycles. The Bertz CT molecular complexity index is 1580. The first kappa shape index (κ1) is 69.6. The molecule has 1 heterocycles. The molecule has 11 nitrogen and oxygen atoms in total. The Morgan fingerprint density at radius 2 is 0.960 bits per heavy atom. The van der Waals surface area contributed by atoms with Crippen molar-refractivity contribution in [3.8, 4) is 0 Å². The lowest BCUT2D eigenvalue weighted by Crippen LogP contribution is -2.61. The van der Waals surface area contributed by atoms with Gasteiger partial charge in [-0.2, -0.15) is 0 Å². The summed E-state index contributed by atoms with van der Waals surface area (Å²) in [4.78, 5) is 26.5. The average Bonchev–Trinajstić information content (AvgIpc) is 3.41. The van der Waals surface area contributed by atoms with Crippen molar-refractivity contribution < 1.29 is 49.3 Å². The van der Waals surface area contributed by atoms with Gasteiger partial charge in [0.2, 0.25) is 5.91 Å². The molecular weight excluding hydrogens is 943 g/mol. The highest BCUT2D eigenvalue weighted by Gasteiger charge is 2.47. The number of carbonyl (C=O) groups excluding carboxylic acids is 2. The number of carbonyl (C=O) groups is 2. The Balaban J connectivity index is 2.73. The number of amides is 1. The van der Waals surface area contributed by atoms with Crippen LogP contribution >= 0.6 is 0 Å². The van der Waals surface area contributed by atoms with E-state index in [1.54, 1.807) is 6.08 Å². The second-order valence-electron chi connectivity index (χ2n) is 20.3. The van der Waals surface area contributed by atoms with Gasteiger partial charge < -0.3 is 45.1 Å². The van der Waals surface area contributed by atoms with Crippen LogP contribution in [0.3, 0.4) is 0 Å². The lowest BCUT2D eigenvalue weighted by Gasteiger charge is -2.41. The topological polar surface area (TPSA) is 175 Å². The molecule has 0 saturated carbocycles. The van der Waals surface area contributed by atoms with Gasteiger partial charge in [0.15, 0.2) is 12.4 Å². The van der Waals surface area contributed by atoms with E-state index in [0.29, 0.717) is 12.8 Å². The van der Waals surface area contributed by atoms with E-state index in [1.807, 2.05) is 6.08 Å². The zero-order valence-electron chi connectivity index (χ0n) is 47.4. The van der Waals surface area contributed by atoms with Crippen molar-refractivity contribution in [2.45, 2.75) is 282 Å². The van der Waals surface area contributed by atoms with E-state index >= 15 is 0 Å². The van der Waals surface area contributed by atoms with Crippen LogP contribution in [-0.2, 0) is 23.8 Å². The summed E-state index contributed by atoms with van der Waals surface area (Å²) in [5.41, 5.74) is 0. The number of unbranched alkanes of at least 4 members (excludes halogenated alkanes) is 21. The summed E-state index contributed by atoms with van der Waals surface area (Å²) < 4.78 is 17.6. The van der Waals surface area contributed by atoms with Gasteiger partial charge in [-0.05, 0) is 103 Å². The third-order valence-electron chi connectivity index (χ3n) is 13.5. The second kappa shape index (κ2) is 51.3. The van der Waals surface area contributed by atoms with Crippen LogP contribution in [0.25, 0.3) is 0 Å². The number of hydrogen-bond donors (Lipinski definition) is 6. The molecule has 75 heavy (non-hydrogen) atoms. The molecule has 0 radical (unpaired) electrons. The molecule has 0 spiro atoms. The minimum atomic E-state index is -1.63. The van der Waals surface area contributed by atoms with E-state index in [0.717, 1.165) is 109 Å². The van der Waals surface area contributed by atoms with E-state index in [2.05, 4.69) is 111 Å². The number of hydrogen-bond acceptors (Lipinski definition) is 10. The van der Waals surface area contributed by atoms with E-state index in [-0.39, 0.29) is 19.4 Å². The first-order valence-electron chi connectivity index (χ1n) is 30.0. The van der Waals surface area contributed by atoms with Crippen molar-refractivity contribution >= 4 is 11.9 Å². The Morgan fingerprint density at radius 1 is 0.533 bits per heavy atom. The van der Waals surface area contributed by atoms with Crippen molar-refractivity contribution in [2.24, 2.45) is 0 Å². The summed E-state index contributed by atoms with van der Waals surface area (Å²) in [6.07, 6.45) is 57.3. The SMILES string of the molecule is CC/C=C\C/C=C\C/C=C\C/C=C\C/C=C\CCCCC(O)C(=O)NC(COC1OC(CO)C(O)C(O)C1OC(=O)CCCCCCCCC/C=C\C/C=C\CCCCC)C(O)/C=C/CCCCCCCCCCC. The summed E-state index contributed by atoms with van der Waals surface area (Å²) in [6, 6.07) is -1.05. The Kier molecular flexibility index (Phi) is 47.6. The van der Waals surface area contributed by atoms with Crippen molar-refractivity contribution in [2.75, 3.05) is 13.2 Å². The molecule has 0 aromatic heterocycles. The lowest BCUT2D eigenvalue weighted by molar-refractivity contribution is -0.305. The quantitative estimate of drug-likeness (QED) is 0.0195. The van der Waals surface area contributed by atoms with Gasteiger partial charge in [0.05, 0.1) is 25.4 Å². The normalized spacial score (nSPS) is 19.9. The number of rotatable bonds is 49. The van der Waals surface area contributed by atoms with Crippen molar-refractivity contribution in [1.29, 1.82) is 0 Å². The first-order valence-corrected chi connectivity index (χ1v) is 30.0. The fourth-order valence-electron chi connectivity index (χ4n) is 8.71. The monoisotopic (exact) mass is 1050 g/mol. The number of aliphatic hydroxyl groups excluding tert-OH is 5. The zero-order valence-corrected chi connectivity index (χ0v) is 47.4. The summed E-state index contributed by atoms with van der Waals surface area (Å²) in [6.45, 7) is 5.60. The third kappa shape index (κ3) is 39.6. The van der Waals surface area contributed by atoms with Crippen LogP contribution in [0.4, 0.5) is 0 Å². The molecule has 0 bridgehead atoms. The van der Waals surface area contributed by atoms with Gasteiger partial charge in [-0.1, -0.05) is 221 Å². The maximum absolute atomic E-state index is 13.4. The fourth-order valence-corrected chi connectivity index (χ4v) is 8.71. The Hall–Kier alpha value is -3.42. The number of ether oxygens (including phenoxy) is 3. The molecule has 1 rings (SSSR count). The van der Waals surface area contributed by atoms with Gasteiger partial charge in [-0.25, -0.2) is 0 Å². The van der Waals surface area contributed by atoms with Gasteiger partial charge >= 0.3 is 5.97 Å². The number of aliphatic hydroxyl groups is 5. The first-order chi connectivity index (χ1) is 36.7. The minimum Gasteiger partial charge on any atom is -0.454 e. The molecule has 11 heteroatoms. The van der Waals surface area contributed by atoms with Crippen LogP contribution < -0.4 is 5.32 Å². The molecule has 1 amide bonds. The van der Waals surface area contributed by atoms with Gasteiger partial charge in [0.25, 0.3) is 0 Å². The molecule has 6 N–H and O–H groups in total. The van der Waals surface area contributed by atoms with Crippen molar-refractivity contribution in [3.05, 3.63) is 97.2 Å². The third-order valence-corrected chi connectivity index (χ3v) is 13.5. The van der Waals surface area contributed by atoms with Gasteiger partial charge in [0.1, 0.15) is 24.4 Å². The predicted octanol–water partition coefficient (Wildman–Crippen LogP) is 13.9. The van der Waals surface area contributed by atoms with Crippen LogP contribution in [0.1, 0.15) is 233 Å². The number of allylic oxidation sites excluding steroid dienone is 15. The van der Waals surface area contributed by atoms with Gasteiger partial charge in [0, 0.05) is 6.42 Å². The van der Waals surface area contributed by atoms with Gasteiger partial charge in [-0.3, -0.25) is 9.59 Å². The maximum Gasteiger partial charge on any atom is 0.306 e. The van der Waals surface area contributed by atoms with E-state index in [4.69, 9.17) is 14.2 Å². The highest BCUT2D eigenvalue weighted by Crippen LogP contribution is 2.26. The Morgan fingerprint density at radius 3 is 1.47 bits per heavy atom. The van der Waals surface area contributed by atoms with Crippen molar-refractivity contribution in [3.63, 3.8) is 0 Å². The molecular formula is C64H109NO10. The molecule has 8 unspecified atom stereocenters. The smallest absolute Gasteiger partial charge is 0.306 e. The zero-order chi connectivity index (χ0) is 54.7. The second-order valence-corrected chi connectivity index (χ2v) is 20.3. The van der Waals surface area contributed by atoms with Crippen LogP contribution in [-0.4, -0.2) is 99.6 Å². The molecule has 1 saturated heterocycles. The largest absolute Gasteiger partial charge is 0.454 e. The maximum atomic E-state index is 13.4. The standard InChI is InChI=1S/C64H109NO10/c1-4-7-10-13-16-19-22-24-26-28-30-31-33-36-39-42-45-48-51-57(68)63(72)65-55(56(67)50-47-44-41-38-35-21-18-15-12-9-6-3)54-73-64-62(61(71)60(70)58(53-66)74-64)75-59(69)52-49-46-43-40-37-34-32-29-27-25-23-20-17-14-11-8-5-2/h7,10,16-17,19-20,24-27,30-31,36,39,47,50,55-58,60-62,64,66-68,70-71H,4-6,8-9,11-15,18,21-23,28-29,32-35,37-38,40-46,48-49,51-54H2,1-3H3,(H,65,72)/b10-7-,19-16-,20-17-,26-24-,27-25-,31-30-,39-36-,50-47+. The molecule has 430 valence electrons. The number of esters is 1. The summed E-state index contributed by atoms with van der Waals surface area (Å²) in [7, 11) is 0. The van der Waals surface area contributed by atoms with Crippen LogP contribution in [0.5, 0.6) is 0 Å². The predicted molar refractivity (Wildman–Crippen MR) is 310 cm³/mol. The highest BCUT2D eigenvalue weighted by atomic mass is 16.7. The summed E-state index contributed by atoms with van der Waals surface area (Å²) in [5, 5.41) is 56.8. The van der Waals surface area contributed by atoms with E-state index in [1.165, 1.54) is 77.0 Å². The van der Waals surface area contributed by atoms with Crippen LogP contribution in [0.2, 0.25) is 0 Å². The van der Waals surface area contributed by atoms with Crippen molar-refractivity contribution in [1.82, 2.24) is 5.32 Å². The summed E-state index contributed by atoms with van der Waals surface area (Å²) >= 11 is 0. The number of nitrogens with one attached hydrogen (secondary N) is 1. The summed E-state index contributed by atoms with van der Waals surface area (Å²) in [5.74, 6) is -1.24. The average molecular weight is 1050 g/mol. The molecule has 8 atom stereocenters. The van der Waals surface area contributed by atoms with Crippen LogP contribution in [0.15, 0.2) is 97.2 Å². The molecule has 1 fully saturated rings. The molecule has 1 aliphatic rings. The molecule has 1 aliphatic heterocycles. The molecule has 0 aromatic rings. The Labute approximate surface area is 456 Å². The van der Waals surface area contributed by atoms with E-state index in [9.17, 15) is 35.1 Å². The highest BCUT2D eigenvalue weighted by molar-refractivity contribution is 5.80. The lowest BCUT2D eigenvalue weighted by atomic mass is 9.99. The van der Waals surface area contributed by atoms with Crippen LogP contribution in [0, 0.1) is 0 Å². The fraction of sp³-hybridized carbons (Fsp3) is 0.719. The molecule has 0 aromatic carbocycles. The van der Waals surface area contributed by atoms with E-state index < -0.39 is 67.4 Å². The van der Waals surface area contributed by atoms with Gasteiger partial charge in [-0.15, -0.1) is 0 Å². The minimum absolute atomic E-state index is 0.106.